The molecule has 5 nitrogen and oxygen atoms in total. The van der Waals surface area contributed by atoms with E-state index in [1.54, 1.807) is 0 Å². The minimum absolute atomic E-state index is 0.427. The van der Waals surface area contributed by atoms with Gasteiger partial charge in [-0.25, -0.2) is 0 Å². The summed E-state index contributed by atoms with van der Waals surface area (Å²) in [5.41, 5.74) is 0.427. The minimum Gasteiger partial charge on any atom is -0.407 e. The molecule has 90 valence electrons. The van der Waals surface area contributed by atoms with Crippen LogP contribution in [0.1, 0.15) is 39.0 Å². The van der Waals surface area contributed by atoms with E-state index < -0.39 is 0 Å². The van der Waals surface area contributed by atoms with E-state index in [1.165, 1.54) is 19.3 Å². The molecule has 1 fully saturated rings. The van der Waals surface area contributed by atoms with E-state index in [0.29, 0.717) is 23.9 Å². The van der Waals surface area contributed by atoms with Crippen LogP contribution in [-0.2, 0) is 6.54 Å². The lowest BCUT2D eigenvalue weighted by atomic mass is 9.70. The molecular formula is C11H20N4O. The highest BCUT2D eigenvalue weighted by Crippen LogP contribution is 2.40. The van der Waals surface area contributed by atoms with Crippen LogP contribution in [0.5, 0.6) is 0 Å². The van der Waals surface area contributed by atoms with Gasteiger partial charge in [0.15, 0.2) is 0 Å². The first-order valence-corrected chi connectivity index (χ1v) is 5.99. The fourth-order valence-corrected chi connectivity index (χ4v) is 1.87. The van der Waals surface area contributed by atoms with Crippen LogP contribution < -0.4 is 10.6 Å². The highest BCUT2D eigenvalue weighted by molar-refractivity contribution is 5.18. The summed E-state index contributed by atoms with van der Waals surface area (Å²) in [6, 6.07) is 0.543. The van der Waals surface area contributed by atoms with Gasteiger partial charge in [0, 0.05) is 6.54 Å². The Bertz CT molecular complexity index is 332. The largest absolute Gasteiger partial charge is 0.407 e. The maximum atomic E-state index is 5.45. The number of aromatic nitrogens is 2. The van der Waals surface area contributed by atoms with Gasteiger partial charge in [-0.15, -0.1) is 5.10 Å². The smallest absolute Gasteiger partial charge is 0.315 e. The van der Waals surface area contributed by atoms with Gasteiger partial charge < -0.3 is 15.1 Å². The molecule has 16 heavy (non-hydrogen) atoms. The van der Waals surface area contributed by atoms with E-state index in [9.17, 15) is 0 Å². The summed E-state index contributed by atoms with van der Waals surface area (Å²) in [7, 11) is 0. The highest BCUT2D eigenvalue weighted by Gasteiger charge is 2.31. The van der Waals surface area contributed by atoms with Crippen molar-refractivity contribution < 1.29 is 4.42 Å². The Morgan fingerprint density at radius 1 is 1.38 bits per heavy atom. The summed E-state index contributed by atoms with van der Waals surface area (Å²) < 4.78 is 5.45. The van der Waals surface area contributed by atoms with Crippen molar-refractivity contribution in [2.75, 3.05) is 18.4 Å². The van der Waals surface area contributed by atoms with Crippen molar-refractivity contribution in [1.82, 2.24) is 15.5 Å². The lowest BCUT2D eigenvalue weighted by Gasteiger charge is -2.38. The predicted molar refractivity (Wildman–Crippen MR) is 62.1 cm³/mol. The molecule has 1 aliphatic rings. The second kappa shape index (κ2) is 4.82. The Labute approximate surface area is 96.0 Å². The van der Waals surface area contributed by atoms with Crippen LogP contribution in [0.25, 0.3) is 0 Å². The first-order valence-electron chi connectivity index (χ1n) is 5.99. The average molecular weight is 224 g/mol. The normalized spacial score (nSPS) is 18.1. The molecule has 0 bridgehead atoms. The van der Waals surface area contributed by atoms with Crippen LogP contribution in [0, 0.1) is 5.41 Å². The summed E-state index contributed by atoms with van der Waals surface area (Å²) in [5, 5.41) is 14.3. The Balaban J connectivity index is 1.78. The number of nitrogens with one attached hydrogen (secondary N) is 2. The highest BCUT2D eigenvalue weighted by atomic mass is 16.4. The number of hydrogen-bond donors (Lipinski definition) is 2. The monoisotopic (exact) mass is 224 g/mol. The topological polar surface area (TPSA) is 63.0 Å². The Morgan fingerprint density at radius 2 is 2.19 bits per heavy atom. The second-order valence-electron chi connectivity index (χ2n) is 4.80. The van der Waals surface area contributed by atoms with E-state index in [-0.39, 0.29) is 0 Å². The molecule has 0 atom stereocenters. The number of hydrogen-bond acceptors (Lipinski definition) is 5. The zero-order valence-electron chi connectivity index (χ0n) is 10.0. The van der Waals surface area contributed by atoms with Gasteiger partial charge in [0.05, 0.1) is 6.54 Å². The van der Waals surface area contributed by atoms with Gasteiger partial charge in [-0.3, -0.25) is 0 Å². The third-order valence-electron chi connectivity index (χ3n) is 3.22. The van der Waals surface area contributed by atoms with E-state index in [2.05, 4.69) is 27.8 Å². The first-order chi connectivity index (χ1) is 7.72. The summed E-state index contributed by atoms with van der Waals surface area (Å²) >= 11 is 0. The van der Waals surface area contributed by atoms with Crippen LogP contribution in [-0.4, -0.2) is 23.3 Å². The van der Waals surface area contributed by atoms with E-state index in [1.807, 2.05) is 6.92 Å². The van der Waals surface area contributed by atoms with Crippen LogP contribution >= 0.6 is 0 Å². The molecule has 1 aromatic heterocycles. The zero-order valence-corrected chi connectivity index (χ0v) is 10.0. The van der Waals surface area contributed by atoms with Gasteiger partial charge in [0.25, 0.3) is 0 Å². The van der Waals surface area contributed by atoms with Crippen molar-refractivity contribution in [1.29, 1.82) is 0 Å². The van der Waals surface area contributed by atoms with Gasteiger partial charge in [-0.05, 0) is 24.8 Å². The maximum Gasteiger partial charge on any atom is 0.315 e. The molecule has 0 radical (unpaired) electrons. The van der Waals surface area contributed by atoms with Crippen LogP contribution in [0.2, 0.25) is 0 Å². The predicted octanol–water partition coefficient (Wildman–Crippen LogP) is 1.78. The molecule has 1 heterocycles. The van der Waals surface area contributed by atoms with E-state index in [0.717, 1.165) is 13.1 Å². The lowest BCUT2D eigenvalue weighted by Crippen LogP contribution is -2.33. The Hall–Kier alpha value is -1.10. The minimum atomic E-state index is 0.427. The van der Waals surface area contributed by atoms with Crippen molar-refractivity contribution in [2.45, 2.75) is 39.7 Å². The first kappa shape index (κ1) is 11.4. The summed E-state index contributed by atoms with van der Waals surface area (Å²) in [4.78, 5) is 0. The quantitative estimate of drug-likeness (QED) is 0.771. The van der Waals surface area contributed by atoms with Crippen molar-refractivity contribution >= 4 is 6.01 Å². The SMILES string of the molecule is CCNCc1nnc(NCC2(C)CCC2)o1. The zero-order chi connectivity index (χ0) is 11.4. The van der Waals surface area contributed by atoms with Gasteiger partial charge in [0.2, 0.25) is 5.89 Å². The van der Waals surface area contributed by atoms with Gasteiger partial charge >= 0.3 is 6.01 Å². The van der Waals surface area contributed by atoms with Crippen LogP contribution in [0.4, 0.5) is 6.01 Å². The molecule has 0 unspecified atom stereocenters. The summed E-state index contributed by atoms with van der Waals surface area (Å²) in [6.45, 7) is 6.81. The van der Waals surface area contributed by atoms with Crippen molar-refractivity contribution in [3.8, 4) is 0 Å². The molecule has 0 aromatic carbocycles. The molecule has 1 saturated carbocycles. The van der Waals surface area contributed by atoms with Crippen molar-refractivity contribution in [2.24, 2.45) is 5.41 Å². The standard InChI is InChI=1S/C11H20N4O/c1-3-12-7-9-14-15-10(16-9)13-8-11(2)5-4-6-11/h12H,3-8H2,1-2H3,(H,13,15). The Morgan fingerprint density at radius 3 is 2.81 bits per heavy atom. The molecular weight excluding hydrogens is 204 g/mol. The Kier molecular flexibility index (Phi) is 3.43. The summed E-state index contributed by atoms with van der Waals surface area (Å²) in [5.74, 6) is 0.642. The molecule has 0 amide bonds. The van der Waals surface area contributed by atoms with Crippen molar-refractivity contribution in [3.05, 3.63) is 5.89 Å². The van der Waals surface area contributed by atoms with Gasteiger partial charge in [0.1, 0.15) is 0 Å². The molecule has 0 saturated heterocycles. The fraction of sp³-hybridized carbons (Fsp3) is 0.818. The third kappa shape index (κ3) is 2.72. The molecule has 2 N–H and O–H groups in total. The van der Waals surface area contributed by atoms with Gasteiger partial charge in [-0.2, -0.15) is 0 Å². The van der Waals surface area contributed by atoms with Crippen molar-refractivity contribution in [3.63, 3.8) is 0 Å². The maximum absolute atomic E-state index is 5.45. The van der Waals surface area contributed by atoms with Gasteiger partial charge in [-0.1, -0.05) is 25.4 Å². The van der Waals surface area contributed by atoms with E-state index >= 15 is 0 Å². The average Bonchev–Trinajstić information content (AvgIpc) is 2.69. The molecule has 0 spiro atoms. The number of nitrogens with zero attached hydrogens (tertiary/aromatic N) is 2. The molecule has 1 aliphatic carbocycles. The second-order valence-corrected chi connectivity index (χ2v) is 4.80. The van der Waals surface area contributed by atoms with E-state index in [4.69, 9.17) is 4.42 Å². The molecule has 2 rings (SSSR count). The van der Waals surface area contributed by atoms with Crippen LogP contribution in [0.3, 0.4) is 0 Å². The fourth-order valence-electron chi connectivity index (χ4n) is 1.87. The number of rotatable bonds is 6. The summed E-state index contributed by atoms with van der Waals surface area (Å²) in [6.07, 6.45) is 3.92. The molecule has 1 aromatic rings. The number of anilines is 1. The lowest BCUT2D eigenvalue weighted by molar-refractivity contribution is 0.178. The van der Waals surface area contributed by atoms with Crippen LogP contribution in [0.15, 0.2) is 4.42 Å². The molecule has 5 heteroatoms. The third-order valence-corrected chi connectivity index (χ3v) is 3.22. The molecule has 0 aliphatic heterocycles.